The van der Waals surface area contributed by atoms with E-state index < -0.39 is 0 Å². The Morgan fingerprint density at radius 2 is 2.05 bits per heavy atom. The van der Waals surface area contributed by atoms with Crippen molar-refractivity contribution in [2.75, 3.05) is 11.9 Å². The number of benzene rings is 1. The summed E-state index contributed by atoms with van der Waals surface area (Å²) in [5.41, 5.74) is 3.38. The molecule has 0 aliphatic rings. The minimum absolute atomic E-state index is 0.813. The minimum atomic E-state index is 0.813. The van der Waals surface area contributed by atoms with Crippen LogP contribution in [0.25, 0.3) is 10.9 Å². The molecular formula is C16H18N4. The average Bonchev–Trinajstić information content (AvgIpc) is 2.85. The summed E-state index contributed by atoms with van der Waals surface area (Å²) in [6.07, 6.45) is 3.92. The lowest BCUT2D eigenvalue weighted by Gasteiger charge is -2.10. The maximum atomic E-state index is 4.67. The molecule has 1 aromatic carbocycles. The van der Waals surface area contributed by atoms with Gasteiger partial charge in [0, 0.05) is 18.1 Å². The number of hydrogen-bond acceptors (Lipinski definition) is 3. The van der Waals surface area contributed by atoms with Crippen molar-refractivity contribution in [3.8, 4) is 0 Å². The van der Waals surface area contributed by atoms with Crippen LogP contribution in [0.2, 0.25) is 0 Å². The maximum Gasteiger partial charge on any atom is 0.129 e. The van der Waals surface area contributed by atoms with Gasteiger partial charge < -0.3 is 5.32 Å². The van der Waals surface area contributed by atoms with Crippen LogP contribution in [0.1, 0.15) is 11.1 Å². The number of anilines is 1. The summed E-state index contributed by atoms with van der Waals surface area (Å²) in [5, 5.41) is 8.85. The van der Waals surface area contributed by atoms with Gasteiger partial charge >= 0.3 is 0 Å². The lowest BCUT2D eigenvalue weighted by atomic mass is 10.1. The molecule has 3 rings (SSSR count). The van der Waals surface area contributed by atoms with Crippen LogP contribution >= 0.6 is 0 Å². The molecule has 0 saturated heterocycles. The zero-order valence-electron chi connectivity index (χ0n) is 11.8. The third-order valence-corrected chi connectivity index (χ3v) is 3.31. The van der Waals surface area contributed by atoms with Crippen LogP contribution in [0.15, 0.2) is 42.7 Å². The predicted molar refractivity (Wildman–Crippen MR) is 81.9 cm³/mol. The van der Waals surface area contributed by atoms with E-state index in [0.29, 0.717) is 0 Å². The fourth-order valence-corrected chi connectivity index (χ4v) is 2.28. The van der Waals surface area contributed by atoms with Crippen LogP contribution in [0.5, 0.6) is 0 Å². The largest absolute Gasteiger partial charge is 0.368 e. The molecule has 4 heteroatoms. The van der Waals surface area contributed by atoms with Crippen molar-refractivity contribution in [3.05, 3.63) is 53.9 Å². The molecule has 0 amide bonds. The number of aromatic nitrogens is 3. The first-order chi connectivity index (χ1) is 9.72. The molecule has 102 valence electrons. The molecular weight excluding hydrogens is 248 g/mol. The highest BCUT2D eigenvalue weighted by Crippen LogP contribution is 2.19. The molecule has 3 aromatic rings. The van der Waals surface area contributed by atoms with Gasteiger partial charge in [-0.25, -0.2) is 4.98 Å². The number of aryl methyl sites for hydroxylation is 2. The van der Waals surface area contributed by atoms with Crippen LogP contribution in [0.3, 0.4) is 0 Å². The summed E-state index contributed by atoms with van der Waals surface area (Å²) < 4.78 is 1.94. The first kappa shape index (κ1) is 12.7. The second kappa shape index (κ2) is 5.33. The molecule has 0 radical (unpaired) electrons. The third-order valence-electron chi connectivity index (χ3n) is 3.31. The standard InChI is InChI=1S/C16H18N4/c1-12-10-18-20(11-12)8-7-17-16-13(2)9-14-5-3-4-6-15(14)19-16/h3-6,9-11H,7-8H2,1-2H3,(H,17,19). The van der Waals surface area contributed by atoms with Gasteiger partial charge in [0.2, 0.25) is 0 Å². The van der Waals surface area contributed by atoms with Crippen molar-refractivity contribution in [2.24, 2.45) is 0 Å². The Morgan fingerprint density at radius 1 is 1.20 bits per heavy atom. The Bertz CT molecular complexity index is 730. The zero-order valence-corrected chi connectivity index (χ0v) is 11.8. The monoisotopic (exact) mass is 266 g/mol. The van der Waals surface area contributed by atoms with E-state index in [4.69, 9.17) is 0 Å². The van der Waals surface area contributed by atoms with E-state index in [-0.39, 0.29) is 0 Å². The van der Waals surface area contributed by atoms with Crippen molar-refractivity contribution in [3.63, 3.8) is 0 Å². The molecule has 0 fully saturated rings. The second-order valence-corrected chi connectivity index (χ2v) is 5.05. The summed E-state index contributed by atoms with van der Waals surface area (Å²) in [4.78, 5) is 4.67. The molecule has 2 heterocycles. The summed E-state index contributed by atoms with van der Waals surface area (Å²) in [6, 6.07) is 10.3. The molecule has 0 bridgehead atoms. The Hall–Kier alpha value is -2.36. The third kappa shape index (κ3) is 2.64. The van der Waals surface area contributed by atoms with Gasteiger partial charge in [-0.3, -0.25) is 4.68 Å². The van der Waals surface area contributed by atoms with Gasteiger partial charge in [0.25, 0.3) is 0 Å². The second-order valence-electron chi connectivity index (χ2n) is 5.05. The number of pyridine rings is 1. The normalized spacial score (nSPS) is 10.9. The number of nitrogens with one attached hydrogen (secondary N) is 1. The van der Waals surface area contributed by atoms with Crippen LogP contribution in [-0.4, -0.2) is 21.3 Å². The van der Waals surface area contributed by atoms with Gasteiger partial charge in [-0.15, -0.1) is 0 Å². The van der Waals surface area contributed by atoms with Crippen molar-refractivity contribution < 1.29 is 0 Å². The molecule has 0 atom stereocenters. The lowest BCUT2D eigenvalue weighted by Crippen LogP contribution is -2.12. The molecule has 0 aliphatic carbocycles. The van der Waals surface area contributed by atoms with Gasteiger partial charge in [0.05, 0.1) is 18.3 Å². The summed E-state index contributed by atoms with van der Waals surface area (Å²) in [7, 11) is 0. The first-order valence-corrected chi connectivity index (χ1v) is 6.82. The molecule has 20 heavy (non-hydrogen) atoms. The smallest absolute Gasteiger partial charge is 0.129 e. The van der Waals surface area contributed by atoms with E-state index in [1.54, 1.807) is 0 Å². The van der Waals surface area contributed by atoms with Crippen LogP contribution in [0, 0.1) is 13.8 Å². The minimum Gasteiger partial charge on any atom is -0.368 e. The quantitative estimate of drug-likeness (QED) is 0.788. The fraction of sp³-hybridized carbons (Fsp3) is 0.250. The van der Waals surface area contributed by atoms with E-state index >= 15 is 0 Å². The van der Waals surface area contributed by atoms with E-state index in [1.165, 1.54) is 16.5 Å². The molecule has 1 N–H and O–H groups in total. The lowest BCUT2D eigenvalue weighted by molar-refractivity contribution is 0.636. The first-order valence-electron chi connectivity index (χ1n) is 6.82. The van der Waals surface area contributed by atoms with Gasteiger partial charge in [0.1, 0.15) is 5.82 Å². The van der Waals surface area contributed by atoms with Gasteiger partial charge in [0.15, 0.2) is 0 Å². The SMILES string of the molecule is Cc1cnn(CCNc2nc3ccccc3cc2C)c1. The number of para-hydroxylation sites is 1. The van der Waals surface area contributed by atoms with Crippen LogP contribution < -0.4 is 5.32 Å². The Balaban J connectivity index is 1.72. The predicted octanol–water partition coefficient (Wildman–Crippen LogP) is 3.16. The highest BCUT2D eigenvalue weighted by atomic mass is 15.3. The topological polar surface area (TPSA) is 42.7 Å². The highest BCUT2D eigenvalue weighted by Gasteiger charge is 2.02. The van der Waals surface area contributed by atoms with Crippen molar-refractivity contribution in [1.82, 2.24) is 14.8 Å². The van der Waals surface area contributed by atoms with E-state index in [2.05, 4.69) is 34.5 Å². The Kier molecular flexibility index (Phi) is 3.37. The molecule has 0 unspecified atom stereocenters. The number of fused-ring (bicyclic) bond motifs is 1. The van der Waals surface area contributed by atoms with Crippen LogP contribution in [-0.2, 0) is 6.54 Å². The van der Waals surface area contributed by atoms with E-state index in [1.807, 2.05) is 42.2 Å². The number of hydrogen-bond donors (Lipinski definition) is 1. The zero-order chi connectivity index (χ0) is 13.9. The van der Waals surface area contributed by atoms with Crippen molar-refractivity contribution >= 4 is 16.7 Å². The highest BCUT2D eigenvalue weighted by molar-refractivity contribution is 5.81. The van der Waals surface area contributed by atoms with E-state index in [0.717, 1.165) is 24.4 Å². The summed E-state index contributed by atoms with van der Waals surface area (Å²) in [5.74, 6) is 0.951. The maximum absolute atomic E-state index is 4.67. The summed E-state index contributed by atoms with van der Waals surface area (Å²) in [6.45, 7) is 5.78. The number of nitrogens with zero attached hydrogens (tertiary/aromatic N) is 3. The van der Waals surface area contributed by atoms with Crippen molar-refractivity contribution in [2.45, 2.75) is 20.4 Å². The van der Waals surface area contributed by atoms with Gasteiger partial charge in [-0.05, 0) is 37.1 Å². The van der Waals surface area contributed by atoms with Crippen molar-refractivity contribution in [1.29, 1.82) is 0 Å². The molecule has 4 nitrogen and oxygen atoms in total. The number of rotatable bonds is 4. The fourth-order valence-electron chi connectivity index (χ4n) is 2.28. The summed E-state index contributed by atoms with van der Waals surface area (Å²) >= 11 is 0. The molecule has 0 spiro atoms. The Labute approximate surface area is 118 Å². The average molecular weight is 266 g/mol. The van der Waals surface area contributed by atoms with Gasteiger partial charge in [-0.2, -0.15) is 5.10 Å². The Morgan fingerprint density at radius 3 is 2.85 bits per heavy atom. The molecule has 0 aliphatic heterocycles. The molecule has 0 saturated carbocycles. The van der Waals surface area contributed by atoms with Gasteiger partial charge in [-0.1, -0.05) is 18.2 Å². The van der Waals surface area contributed by atoms with Crippen LogP contribution in [0.4, 0.5) is 5.82 Å². The van der Waals surface area contributed by atoms with E-state index in [9.17, 15) is 0 Å². The molecule has 2 aromatic heterocycles.